The predicted molar refractivity (Wildman–Crippen MR) is 74.5 cm³/mol. The summed E-state index contributed by atoms with van der Waals surface area (Å²) in [7, 11) is 0. The van der Waals surface area contributed by atoms with Crippen LogP contribution in [0, 0.1) is 0 Å². The molecule has 2 aromatic rings. The predicted octanol–water partition coefficient (Wildman–Crippen LogP) is 3.69. The summed E-state index contributed by atoms with van der Waals surface area (Å²) < 4.78 is 0. The van der Waals surface area contributed by atoms with Crippen molar-refractivity contribution in [2.45, 2.75) is 25.7 Å². The monoisotopic (exact) mass is 236 g/mol. The van der Waals surface area contributed by atoms with Gasteiger partial charge in [0.25, 0.3) is 0 Å². The smallest absolute Gasteiger partial charge is 0.0670 e. The molecule has 0 unspecified atom stereocenters. The molecule has 0 bridgehead atoms. The molecule has 3 rings (SSSR count). The number of pyridine rings is 1. The molecule has 1 aliphatic rings. The Kier molecular flexibility index (Phi) is 2.51. The number of benzene rings is 1. The summed E-state index contributed by atoms with van der Waals surface area (Å²) in [6.07, 6.45) is 2.66. The lowest BCUT2D eigenvalue weighted by Crippen LogP contribution is -2.27. The number of hydrogen-bond acceptors (Lipinski definition) is 2. The zero-order valence-electron chi connectivity index (χ0n) is 10.7. The van der Waals surface area contributed by atoms with Gasteiger partial charge in [-0.3, -0.25) is 9.98 Å². The lowest BCUT2D eigenvalue weighted by atomic mass is 9.80. The van der Waals surface area contributed by atoms with Gasteiger partial charge in [-0.2, -0.15) is 0 Å². The second-order valence-corrected chi connectivity index (χ2v) is 5.20. The van der Waals surface area contributed by atoms with Crippen LogP contribution in [0.3, 0.4) is 0 Å². The zero-order valence-corrected chi connectivity index (χ0v) is 10.7. The van der Waals surface area contributed by atoms with Crippen molar-refractivity contribution < 1.29 is 0 Å². The van der Waals surface area contributed by atoms with Crippen LogP contribution < -0.4 is 0 Å². The van der Waals surface area contributed by atoms with E-state index in [1.54, 1.807) is 0 Å². The molecule has 0 aliphatic carbocycles. The molecule has 2 heteroatoms. The van der Waals surface area contributed by atoms with Gasteiger partial charge in [0.2, 0.25) is 0 Å². The lowest BCUT2D eigenvalue weighted by molar-refractivity contribution is 0.723. The molecular formula is C16H16N2. The summed E-state index contributed by atoms with van der Waals surface area (Å²) in [5.41, 5.74) is 4.71. The van der Waals surface area contributed by atoms with Crippen LogP contribution in [-0.4, -0.2) is 10.7 Å². The summed E-state index contributed by atoms with van der Waals surface area (Å²) >= 11 is 0. The van der Waals surface area contributed by atoms with Crippen molar-refractivity contribution in [1.29, 1.82) is 0 Å². The minimum Gasteiger partial charge on any atom is -0.261 e. The van der Waals surface area contributed by atoms with E-state index < -0.39 is 0 Å². The van der Waals surface area contributed by atoms with Gasteiger partial charge in [0.1, 0.15) is 0 Å². The van der Waals surface area contributed by atoms with Crippen molar-refractivity contribution in [1.82, 2.24) is 4.98 Å². The molecule has 0 N–H and O–H groups in total. The van der Waals surface area contributed by atoms with Gasteiger partial charge >= 0.3 is 0 Å². The Labute approximate surface area is 107 Å². The minimum atomic E-state index is 0.00805. The SMILES string of the molecule is CC1(C)C(Cc2ccccn2)=Nc2ccccc21. The van der Waals surface area contributed by atoms with Crippen molar-refractivity contribution in [3.63, 3.8) is 0 Å². The van der Waals surface area contributed by atoms with Gasteiger partial charge in [-0.15, -0.1) is 0 Å². The summed E-state index contributed by atoms with van der Waals surface area (Å²) in [5, 5.41) is 0. The Morgan fingerprint density at radius 2 is 1.78 bits per heavy atom. The van der Waals surface area contributed by atoms with Gasteiger partial charge < -0.3 is 0 Å². The van der Waals surface area contributed by atoms with Crippen molar-refractivity contribution in [3.8, 4) is 0 Å². The Morgan fingerprint density at radius 3 is 2.50 bits per heavy atom. The second kappa shape index (κ2) is 4.05. The Balaban J connectivity index is 1.96. The first-order chi connectivity index (χ1) is 8.68. The van der Waals surface area contributed by atoms with Crippen LogP contribution in [0.4, 0.5) is 5.69 Å². The van der Waals surface area contributed by atoms with Crippen LogP contribution in [0.1, 0.15) is 25.1 Å². The number of aliphatic imine (C=N–C) groups is 1. The fraction of sp³-hybridized carbons (Fsp3) is 0.250. The number of fused-ring (bicyclic) bond motifs is 1. The number of rotatable bonds is 2. The second-order valence-electron chi connectivity index (χ2n) is 5.20. The molecule has 0 atom stereocenters. The molecule has 0 spiro atoms. The van der Waals surface area contributed by atoms with Gasteiger partial charge in [-0.05, 0) is 23.8 Å². The van der Waals surface area contributed by atoms with Gasteiger partial charge in [0.05, 0.1) is 5.69 Å². The highest BCUT2D eigenvalue weighted by molar-refractivity contribution is 6.02. The number of aromatic nitrogens is 1. The maximum atomic E-state index is 4.78. The standard InChI is InChI=1S/C16H16N2/c1-16(2)13-8-3-4-9-14(13)18-15(16)11-12-7-5-6-10-17-12/h3-10H,11H2,1-2H3. The van der Waals surface area contributed by atoms with E-state index >= 15 is 0 Å². The van der Waals surface area contributed by atoms with E-state index in [4.69, 9.17) is 4.99 Å². The number of nitrogens with zero attached hydrogens (tertiary/aromatic N) is 2. The normalized spacial score (nSPS) is 16.2. The Morgan fingerprint density at radius 1 is 1.00 bits per heavy atom. The summed E-state index contributed by atoms with van der Waals surface area (Å²) in [4.78, 5) is 9.17. The topological polar surface area (TPSA) is 25.2 Å². The van der Waals surface area contributed by atoms with E-state index in [0.717, 1.165) is 17.8 Å². The molecule has 0 radical (unpaired) electrons. The highest BCUT2D eigenvalue weighted by Crippen LogP contribution is 2.40. The summed E-state index contributed by atoms with van der Waals surface area (Å²) in [6, 6.07) is 14.4. The quantitative estimate of drug-likeness (QED) is 0.780. The first-order valence-electron chi connectivity index (χ1n) is 6.25. The van der Waals surface area contributed by atoms with Crippen LogP contribution in [0.15, 0.2) is 53.7 Å². The van der Waals surface area contributed by atoms with E-state index in [2.05, 4.69) is 43.1 Å². The van der Waals surface area contributed by atoms with Crippen molar-refractivity contribution in [3.05, 3.63) is 59.9 Å². The molecular weight excluding hydrogens is 220 g/mol. The average Bonchev–Trinajstić information content (AvgIpc) is 2.63. The Hall–Kier alpha value is -1.96. The molecule has 1 aromatic carbocycles. The molecule has 90 valence electrons. The van der Waals surface area contributed by atoms with E-state index in [1.807, 2.05) is 24.4 Å². The van der Waals surface area contributed by atoms with Gasteiger partial charge in [-0.25, -0.2) is 0 Å². The van der Waals surface area contributed by atoms with Crippen LogP contribution in [0.2, 0.25) is 0 Å². The molecule has 0 saturated heterocycles. The molecule has 0 saturated carbocycles. The van der Waals surface area contributed by atoms with E-state index in [-0.39, 0.29) is 5.41 Å². The van der Waals surface area contributed by atoms with E-state index in [0.29, 0.717) is 0 Å². The van der Waals surface area contributed by atoms with Crippen LogP contribution in [0.5, 0.6) is 0 Å². The highest BCUT2D eigenvalue weighted by atomic mass is 14.8. The van der Waals surface area contributed by atoms with Gasteiger partial charge in [0, 0.05) is 29.4 Å². The first kappa shape index (κ1) is 11.1. The van der Waals surface area contributed by atoms with E-state index in [1.165, 1.54) is 11.3 Å². The molecule has 2 nitrogen and oxygen atoms in total. The fourth-order valence-electron chi connectivity index (χ4n) is 2.47. The van der Waals surface area contributed by atoms with Crippen LogP contribution >= 0.6 is 0 Å². The third-order valence-corrected chi connectivity index (χ3v) is 3.63. The maximum Gasteiger partial charge on any atom is 0.0670 e. The molecule has 2 heterocycles. The zero-order chi connectivity index (χ0) is 12.6. The van der Waals surface area contributed by atoms with Crippen LogP contribution in [-0.2, 0) is 11.8 Å². The molecule has 0 amide bonds. The Bertz CT molecular complexity index is 598. The largest absolute Gasteiger partial charge is 0.261 e. The molecule has 1 aromatic heterocycles. The van der Waals surface area contributed by atoms with Gasteiger partial charge in [-0.1, -0.05) is 38.1 Å². The molecule has 1 aliphatic heterocycles. The van der Waals surface area contributed by atoms with Crippen molar-refractivity contribution in [2.75, 3.05) is 0 Å². The van der Waals surface area contributed by atoms with Gasteiger partial charge in [0.15, 0.2) is 0 Å². The number of hydrogen-bond donors (Lipinski definition) is 0. The first-order valence-corrected chi connectivity index (χ1v) is 6.25. The third-order valence-electron chi connectivity index (χ3n) is 3.63. The average molecular weight is 236 g/mol. The summed E-state index contributed by atoms with van der Waals surface area (Å²) in [5.74, 6) is 0. The van der Waals surface area contributed by atoms with Crippen molar-refractivity contribution >= 4 is 11.4 Å². The van der Waals surface area contributed by atoms with Crippen molar-refractivity contribution in [2.24, 2.45) is 4.99 Å². The fourth-order valence-corrected chi connectivity index (χ4v) is 2.47. The minimum absolute atomic E-state index is 0.00805. The maximum absolute atomic E-state index is 4.78. The van der Waals surface area contributed by atoms with Crippen LogP contribution in [0.25, 0.3) is 0 Å². The third kappa shape index (κ3) is 1.74. The van der Waals surface area contributed by atoms with E-state index in [9.17, 15) is 0 Å². The molecule has 18 heavy (non-hydrogen) atoms. The lowest BCUT2D eigenvalue weighted by Gasteiger charge is -2.22. The highest BCUT2D eigenvalue weighted by Gasteiger charge is 2.34. The summed E-state index contributed by atoms with van der Waals surface area (Å²) in [6.45, 7) is 4.47. The molecule has 0 fully saturated rings. The number of para-hydroxylation sites is 1.